The van der Waals surface area contributed by atoms with Crippen molar-refractivity contribution in [3.63, 3.8) is 0 Å². The van der Waals surface area contributed by atoms with Gasteiger partial charge in [0.2, 0.25) is 0 Å². The fourth-order valence-electron chi connectivity index (χ4n) is 4.78. The molecule has 0 aliphatic carbocycles. The molecule has 0 unspecified atom stereocenters. The van der Waals surface area contributed by atoms with Gasteiger partial charge >= 0.3 is 6.18 Å². The van der Waals surface area contributed by atoms with E-state index in [2.05, 4.69) is 4.98 Å². The molecule has 39 heavy (non-hydrogen) atoms. The van der Waals surface area contributed by atoms with Gasteiger partial charge in [0.15, 0.2) is 0 Å². The molecule has 1 atom stereocenters. The van der Waals surface area contributed by atoms with Crippen molar-refractivity contribution in [3.05, 3.63) is 76.6 Å². The number of primary amides is 1. The molecular weight excluding hydrogens is 533 g/mol. The lowest BCUT2D eigenvalue weighted by atomic mass is 9.99. The Bertz CT molecular complexity index is 1380. The van der Waals surface area contributed by atoms with Gasteiger partial charge in [-0.3, -0.25) is 14.6 Å². The van der Waals surface area contributed by atoms with Crippen LogP contribution in [-0.2, 0) is 6.18 Å². The maximum Gasteiger partial charge on any atom is 0.416 e. The molecule has 1 aromatic heterocycles. The Kier molecular flexibility index (Phi) is 8.34. The standard InChI is InChI=1S/C28H28ClF3N4O3/c1-3-19-16-35(27(38)21-7-6-18(14-23(21)29)28(30,31)32)11-12-36(19)24-8-5-17(13-22(24)26(33)37)20-9-10-34-15-25(20)39-4-2/h5-10,13-15,19H,3-4,11-12,16H2,1-2H3,(H2,33,37)/t19-/m1/s1. The first-order valence-corrected chi connectivity index (χ1v) is 12.9. The summed E-state index contributed by atoms with van der Waals surface area (Å²) in [5.74, 6) is -0.453. The molecule has 1 aliphatic rings. The number of nitrogens with two attached hydrogens (primary N) is 1. The Balaban J connectivity index is 1.60. The van der Waals surface area contributed by atoms with E-state index in [1.807, 2.05) is 30.9 Å². The summed E-state index contributed by atoms with van der Waals surface area (Å²) in [5.41, 5.74) is 7.39. The number of halogens is 4. The summed E-state index contributed by atoms with van der Waals surface area (Å²) in [6.45, 7) is 5.26. The average molecular weight is 561 g/mol. The number of anilines is 1. The van der Waals surface area contributed by atoms with Crippen molar-refractivity contribution in [3.8, 4) is 16.9 Å². The van der Waals surface area contributed by atoms with Crippen LogP contribution in [0.15, 0.2) is 54.9 Å². The predicted molar refractivity (Wildman–Crippen MR) is 143 cm³/mol. The normalized spacial score (nSPS) is 15.8. The number of benzene rings is 2. The lowest BCUT2D eigenvalue weighted by molar-refractivity contribution is -0.137. The van der Waals surface area contributed by atoms with Crippen LogP contribution in [0, 0.1) is 0 Å². The summed E-state index contributed by atoms with van der Waals surface area (Å²) < 4.78 is 44.7. The minimum Gasteiger partial charge on any atom is -0.492 e. The minimum atomic E-state index is -4.56. The molecule has 1 fully saturated rings. The number of pyridine rings is 1. The van der Waals surface area contributed by atoms with Crippen LogP contribution in [0.5, 0.6) is 5.75 Å². The average Bonchev–Trinajstić information content (AvgIpc) is 2.92. The highest BCUT2D eigenvalue weighted by Gasteiger charge is 2.34. The molecule has 3 aromatic rings. The van der Waals surface area contributed by atoms with Gasteiger partial charge in [-0.15, -0.1) is 0 Å². The van der Waals surface area contributed by atoms with Crippen molar-refractivity contribution < 1.29 is 27.5 Å². The van der Waals surface area contributed by atoms with Gasteiger partial charge in [0.25, 0.3) is 11.8 Å². The minimum absolute atomic E-state index is 0.0117. The number of hydrogen-bond donors (Lipinski definition) is 1. The monoisotopic (exact) mass is 560 g/mol. The van der Waals surface area contributed by atoms with Gasteiger partial charge in [0, 0.05) is 43.1 Å². The quantitative estimate of drug-likeness (QED) is 0.403. The molecule has 0 bridgehead atoms. The van der Waals surface area contributed by atoms with E-state index in [1.54, 1.807) is 29.4 Å². The fourth-order valence-corrected chi connectivity index (χ4v) is 5.04. The SMILES string of the molecule is CCOc1cnccc1-c1ccc(N2CCN(C(=O)c3ccc(C(F)(F)F)cc3Cl)C[C@H]2CC)c(C(N)=O)c1. The first-order chi connectivity index (χ1) is 18.5. The van der Waals surface area contributed by atoms with E-state index in [9.17, 15) is 22.8 Å². The number of carbonyl (C=O) groups excluding carboxylic acids is 2. The third-order valence-corrected chi connectivity index (χ3v) is 7.05. The summed E-state index contributed by atoms with van der Waals surface area (Å²) in [5, 5.41) is -0.251. The second-order valence-corrected chi connectivity index (χ2v) is 9.51. The lowest BCUT2D eigenvalue weighted by Crippen LogP contribution is -2.55. The van der Waals surface area contributed by atoms with E-state index in [0.29, 0.717) is 43.1 Å². The van der Waals surface area contributed by atoms with Gasteiger partial charge < -0.3 is 20.3 Å². The maximum absolute atomic E-state index is 13.2. The van der Waals surface area contributed by atoms with E-state index in [4.69, 9.17) is 22.1 Å². The molecule has 1 aliphatic heterocycles. The molecule has 2 N–H and O–H groups in total. The molecule has 11 heteroatoms. The third kappa shape index (κ3) is 5.95. The number of piperazine rings is 1. The van der Waals surface area contributed by atoms with Crippen LogP contribution in [-0.4, -0.2) is 54.0 Å². The van der Waals surface area contributed by atoms with Crippen LogP contribution in [0.3, 0.4) is 0 Å². The smallest absolute Gasteiger partial charge is 0.416 e. The van der Waals surface area contributed by atoms with Crippen LogP contribution >= 0.6 is 11.6 Å². The predicted octanol–water partition coefficient (Wildman–Crippen LogP) is 5.66. The van der Waals surface area contributed by atoms with Crippen LogP contribution < -0.4 is 15.4 Å². The maximum atomic E-state index is 13.2. The molecule has 1 saturated heterocycles. The van der Waals surface area contributed by atoms with Gasteiger partial charge in [0.1, 0.15) is 5.75 Å². The number of ether oxygens (including phenoxy) is 1. The zero-order valence-electron chi connectivity index (χ0n) is 21.5. The van der Waals surface area contributed by atoms with Crippen molar-refractivity contribution in [2.24, 2.45) is 5.73 Å². The van der Waals surface area contributed by atoms with E-state index >= 15 is 0 Å². The van der Waals surface area contributed by atoms with Crippen molar-refractivity contribution in [1.29, 1.82) is 0 Å². The molecule has 206 valence electrons. The van der Waals surface area contributed by atoms with Gasteiger partial charge in [0.05, 0.1) is 34.5 Å². The Morgan fingerprint density at radius 2 is 1.87 bits per heavy atom. The van der Waals surface area contributed by atoms with Crippen LogP contribution in [0.1, 0.15) is 46.5 Å². The van der Waals surface area contributed by atoms with Gasteiger partial charge in [-0.2, -0.15) is 13.2 Å². The largest absolute Gasteiger partial charge is 0.492 e. The van der Waals surface area contributed by atoms with E-state index < -0.39 is 23.6 Å². The van der Waals surface area contributed by atoms with Gasteiger partial charge in [-0.05, 0) is 55.3 Å². The molecule has 0 spiro atoms. The molecular formula is C28H28ClF3N4O3. The Hall–Kier alpha value is -3.79. The molecule has 4 rings (SSSR count). The van der Waals surface area contributed by atoms with Crippen LogP contribution in [0.2, 0.25) is 5.02 Å². The van der Waals surface area contributed by atoms with E-state index in [0.717, 1.165) is 29.3 Å². The second kappa shape index (κ2) is 11.5. The summed E-state index contributed by atoms with van der Waals surface area (Å²) in [4.78, 5) is 33.5. The number of nitrogens with zero attached hydrogens (tertiary/aromatic N) is 3. The summed E-state index contributed by atoms with van der Waals surface area (Å²) in [6, 6.07) is 9.80. The molecule has 2 heterocycles. The van der Waals surface area contributed by atoms with Crippen LogP contribution in [0.25, 0.3) is 11.1 Å². The number of hydrogen-bond acceptors (Lipinski definition) is 5. The highest BCUT2D eigenvalue weighted by Crippen LogP contribution is 2.35. The Morgan fingerprint density at radius 3 is 2.51 bits per heavy atom. The molecule has 2 aromatic carbocycles. The number of carbonyl (C=O) groups is 2. The van der Waals surface area contributed by atoms with Crippen molar-refractivity contribution in [1.82, 2.24) is 9.88 Å². The van der Waals surface area contributed by atoms with E-state index in [1.165, 1.54) is 0 Å². The van der Waals surface area contributed by atoms with Crippen LogP contribution in [0.4, 0.5) is 18.9 Å². The third-order valence-electron chi connectivity index (χ3n) is 6.73. The number of amides is 2. The molecule has 7 nitrogen and oxygen atoms in total. The molecule has 0 saturated carbocycles. The molecule has 2 amide bonds. The first-order valence-electron chi connectivity index (χ1n) is 12.5. The first kappa shape index (κ1) is 28.2. The highest BCUT2D eigenvalue weighted by atomic mass is 35.5. The summed E-state index contributed by atoms with van der Waals surface area (Å²) in [7, 11) is 0. The van der Waals surface area contributed by atoms with Gasteiger partial charge in [-0.25, -0.2) is 0 Å². The zero-order chi connectivity index (χ0) is 28.3. The lowest BCUT2D eigenvalue weighted by Gasteiger charge is -2.43. The summed E-state index contributed by atoms with van der Waals surface area (Å²) >= 11 is 6.07. The highest BCUT2D eigenvalue weighted by molar-refractivity contribution is 6.33. The van der Waals surface area contributed by atoms with Crippen molar-refractivity contribution >= 4 is 29.1 Å². The number of alkyl halides is 3. The van der Waals surface area contributed by atoms with Crippen molar-refractivity contribution in [2.75, 3.05) is 31.1 Å². The number of aromatic nitrogens is 1. The Labute approximate surface area is 229 Å². The van der Waals surface area contributed by atoms with Crippen molar-refractivity contribution in [2.45, 2.75) is 32.5 Å². The van der Waals surface area contributed by atoms with E-state index in [-0.39, 0.29) is 23.2 Å². The fraction of sp³-hybridized carbons (Fsp3) is 0.321. The summed E-state index contributed by atoms with van der Waals surface area (Å²) in [6.07, 6.45) is -0.659. The number of rotatable bonds is 7. The topological polar surface area (TPSA) is 88.8 Å². The zero-order valence-corrected chi connectivity index (χ0v) is 22.2. The second-order valence-electron chi connectivity index (χ2n) is 9.10. The van der Waals surface area contributed by atoms with Gasteiger partial charge in [-0.1, -0.05) is 24.6 Å². The molecule has 0 radical (unpaired) electrons. The Morgan fingerprint density at radius 1 is 1.10 bits per heavy atom.